The van der Waals surface area contributed by atoms with Crippen LogP contribution in [0.4, 0.5) is 0 Å². The quantitative estimate of drug-likeness (QED) is 0.352. The second kappa shape index (κ2) is 4.95. The number of hydrogen-bond acceptors (Lipinski definition) is 4. The van der Waals surface area contributed by atoms with E-state index in [9.17, 15) is 0 Å². The van der Waals surface area contributed by atoms with Crippen LogP contribution in [0.2, 0.25) is 0 Å². The molecular formula is C12H16N2O3. The van der Waals surface area contributed by atoms with Crippen molar-refractivity contribution in [2.24, 2.45) is 16.8 Å². The minimum atomic E-state index is 0.0402. The smallest absolute Gasteiger partial charge is 0.173 e. The summed E-state index contributed by atoms with van der Waals surface area (Å²) >= 11 is 0. The molecule has 0 radical (unpaired) electrons. The summed E-state index contributed by atoms with van der Waals surface area (Å²) in [5.74, 6) is 1.96. The lowest BCUT2D eigenvalue weighted by Gasteiger charge is -2.11. The van der Waals surface area contributed by atoms with Crippen LogP contribution in [0.5, 0.6) is 11.5 Å². The summed E-state index contributed by atoms with van der Waals surface area (Å²) in [5.41, 5.74) is 6.17. The molecule has 2 rings (SSSR count). The van der Waals surface area contributed by atoms with E-state index in [2.05, 4.69) is 5.16 Å². The summed E-state index contributed by atoms with van der Waals surface area (Å²) in [4.78, 5) is 0. The molecule has 92 valence electrons. The van der Waals surface area contributed by atoms with Crippen LogP contribution in [-0.2, 0) is 0 Å². The molecule has 1 aliphatic carbocycles. The van der Waals surface area contributed by atoms with Crippen LogP contribution in [0, 0.1) is 5.92 Å². The lowest BCUT2D eigenvalue weighted by atomic mass is 10.1. The third-order valence-electron chi connectivity index (χ3n) is 2.74. The Kier molecular flexibility index (Phi) is 3.37. The van der Waals surface area contributed by atoms with Crippen LogP contribution in [0.1, 0.15) is 18.4 Å². The minimum Gasteiger partial charge on any atom is -0.497 e. The number of amidine groups is 1. The highest BCUT2D eigenvalue weighted by Crippen LogP contribution is 2.31. The molecule has 1 fully saturated rings. The van der Waals surface area contributed by atoms with E-state index >= 15 is 0 Å². The Morgan fingerprint density at radius 3 is 2.88 bits per heavy atom. The molecule has 17 heavy (non-hydrogen) atoms. The van der Waals surface area contributed by atoms with Gasteiger partial charge in [-0.2, -0.15) is 0 Å². The average molecular weight is 236 g/mol. The fraction of sp³-hybridized carbons (Fsp3) is 0.417. The summed E-state index contributed by atoms with van der Waals surface area (Å²) < 4.78 is 10.8. The van der Waals surface area contributed by atoms with Gasteiger partial charge in [-0.1, -0.05) is 5.16 Å². The van der Waals surface area contributed by atoms with Gasteiger partial charge in [0.1, 0.15) is 11.5 Å². The maximum Gasteiger partial charge on any atom is 0.173 e. The van der Waals surface area contributed by atoms with Crippen molar-refractivity contribution in [1.29, 1.82) is 0 Å². The molecule has 0 bridgehead atoms. The van der Waals surface area contributed by atoms with Gasteiger partial charge in [-0.15, -0.1) is 0 Å². The average Bonchev–Trinajstić information content (AvgIpc) is 3.19. The molecule has 0 atom stereocenters. The van der Waals surface area contributed by atoms with Crippen molar-refractivity contribution < 1.29 is 14.7 Å². The fourth-order valence-corrected chi connectivity index (χ4v) is 1.51. The summed E-state index contributed by atoms with van der Waals surface area (Å²) in [7, 11) is 1.59. The third kappa shape index (κ3) is 2.81. The first-order chi connectivity index (χ1) is 8.24. The van der Waals surface area contributed by atoms with Gasteiger partial charge < -0.3 is 20.4 Å². The molecule has 0 saturated heterocycles. The molecule has 1 aromatic rings. The number of benzene rings is 1. The predicted octanol–water partition coefficient (Wildman–Crippen LogP) is 1.58. The molecule has 0 unspecified atom stereocenters. The Labute approximate surface area is 99.8 Å². The fourth-order valence-electron chi connectivity index (χ4n) is 1.51. The Hall–Kier alpha value is -1.91. The van der Waals surface area contributed by atoms with E-state index < -0.39 is 0 Å². The summed E-state index contributed by atoms with van der Waals surface area (Å²) in [5, 5.41) is 11.7. The molecule has 0 aliphatic heterocycles. The number of oxime groups is 1. The van der Waals surface area contributed by atoms with Crippen LogP contribution in [-0.4, -0.2) is 24.8 Å². The number of methoxy groups -OCH3 is 1. The van der Waals surface area contributed by atoms with E-state index in [0.717, 1.165) is 0 Å². The normalized spacial score (nSPS) is 15.7. The second-order valence-electron chi connectivity index (χ2n) is 4.10. The summed E-state index contributed by atoms with van der Waals surface area (Å²) in [6.45, 7) is 0.666. The maximum absolute atomic E-state index is 8.71. The van der Waals surface area contributed by atoms with Crippen molar-refractivity contribution in [3.8, 4) is 11.5 Å². The van der Waals surface area contributed by atoms with Gasteiger partial charge in [0.15, 0.2) is 5.84 Å². The van der Waals surface area contributed by atoms with Gasteiger partial charge in [0.05, 0.1) is 19.3 Å². The Bertz CT molecular complexity index is 428. The molecule has 1 aliphatic rings. The predicted molar refractivity (Wildman–Crippen MR) is 63.7 cm³/mol. The van der Waals surface area contributed by atoms with E-state index in [1.807, 2.05) is 0 Å². The highest BCUT2D eigenvalue weighted by atomic mass is 16.5. The topological polar surface area (TPSA) is 77.1 Å². The van der Waals surface area contributed by atoms with Crippen LogP contribution in [0.15, 0.2) is 23.4 Å². The van der Waals surface area contributed by atoms with E-state index in [1.54, 1.807) is 25.3 Å². The summed E-state index contributed by atoms with van der Waals surface area (Å²) in [6.07, 6.45) is 2.42. The zero-order chi connectivity index (χ0) is 12.3. The van der Waals surface area contributed by atoms with Gasteiger partial charge in [-0.05, 0) is 30.9 Å². The van der Waals surface area contributed by atoms with Crippen molar-refractivity contribution in [2.75, 3.05) is 13.7 Å². The number of nitrogens with zero attached hydrogens (tertiary/aromatic N) is 1. The van der Waals surface area contributed by atoms with Crippen molar-refractivity contribution >= 4 is 5.84 Å². The first kappa shape index (κ1) is 11.6. The molecule has 0 heterocycles. The van der Waals surface area contributed by atoms with Crippen LogP contribution in [0.3, 0.4) is 0 Å². The highest BCUT2D eigenvalue weighted by Gasteiger charge is 2.22. The highest BCUT2D eigenvalue weighted by molar-refractivity contribution is 5.99. The third-order valence-corrected chi connectivity index (χ3v) is 2.74. The molecule has 3 N–H and O–H groups in total. The van der Waals surface area contributed by atoms with Crippen LogP contribution >= 0.6 is 0 Å². The van der Waals surface area contributed by atoms with Gasteiger partial charge in [0, 0.05) is 6.07 Å². The standard InChI is InChI=1S/C12H16N2O3/c1-16-9-4-5-10(12(13)14-15)11(6-9)17-7-8-2-3-8/h4-6,8,15H,2-3,7H2,1H3,(H2,13,14). The second-order valence-corrected chi connectivity index (χ2v) is 4.10. The largest absolute Gasteiger partial charge is 0.497 e. The first-order valence-electron chi connectivity index (χ1n) is 5.53. The summed E-state index contributed by atoms with van der Waals surface area (Å²) in [6, 6.07) is 5.21. The lowest BCUT2D eigenvalue weighted by molar-refractivity contribution is 0.295. The van der Waals surface area contributed by atoms with E-state index in [-0.39, 0.29) is 5.84 Å². The number of rotatable bonds is 5. The van der Waals surface area contributed by atoms with Crippen molar-refractivity contribution in [3.63, 3.8) is 0 Å². The van der Waals surface area contributed by atoms with E-state index in [4.69, 9.17) is 20.4 Å². The van der Waals surface area contributed by atoms with Gasteiger partial charge in [0.2, 0.25) is 0 Å². The maximum atomic E-state index is 8.71. The van der Waals surface area contributed by atoms with Crippen LogP contribution < -0.4 is 15.2 Å². The first-order valence-corrected chi connectivity index (χ1v) is 5.53. The van der Waals surface area contributed by atoms with Crippen molar-refractivity contribution in [2.45, 2.75) is 12.8 Å². The Balaban J connectivity index is 2.22. The van der Waals surface area contributed by atoms with Crippen molar-refractivity contribution in [1.82, 2.24) is 0 Å². The molecule has 1 aromatic carbocycles. The zero-order valence-electron chi connectivity index (χ0n) is 9.72. The molecule has 5 nitrogen and oxygen atoms in total. The Morgan fingerprint density at radius 1 is 1.53 bits per heavy atom. The number of ether oxygens (including phenoxy) is 2. The van der Waals surface area contributed by atoms with E-state index in [1.165, 1.54) is 12.8 Å². The van der Waals surface area contributed by atoms with Crippen LogP contribution in [0.25, 0.3) is 0 Å². The molecule has 0 amide bonds. The minimum absolute atomic E-state index is 0.0402. The van der Waals surface area contributed by atoms with Gasteiger partial charge >= 0.3 is 0 Å². The number of nitrogens with two attached hydrogens (primary N) is 1. The molecule has 0 spiro atoms. The lowest BCUT2D eigenvalue weighted by Crippen LogP contribution is -2.15. The molecule has 0 aromatic heterocycles. The zero-order valence-corrected chi connectivity index (χ0v) is 9.72. The number of hydrogen-bond donors (Lipinski definition) is 2. The van der Waals surface area contributed by atoms with E-state index in [0.29, 0.717) is 29.6 Å². The SMILES string of the molecule is COc1ccc(/C(N)=N/O)c(OCC2CC2)c1. The molecule has 5 heteroatoms. The Morgan fingerprint density at radius 2 is 2.29 bits per heavy atom. The monoisotopic (exact) mass is 236 g/mol. The van der Waals surface area contributed by atoms with Gasteiger partial charge in [-0.3, -0.25) is 0 Å². The van der Waals surface area contributed by atoms with Crippen molar-refractivity contribution in [3.05, 3.63) is 23.8 Å². The van der Waals surface area contributed by atoms with Gasteiger partial charge in [-0.25, -0.2) is 0 Å². The molecule has 1 saturated carbocycles. The van der Waals surface area contributed by atoms with Gasteiger partial charge in [0.25, 0.3) is 0 Å². The molecular weight excluding hydrogens is 220 g/mol.